The SMILES string of the molecule is CC(C)[C@@H](CO)NC(=O)c1cccc2c1CCNC2. The molecule has 0 aromatic heterocycles. The van der Waals surface area contributed by atoms with Crippen molar-refractivity contribution in [3.05, 3.63) is 34.9 Å². The van der Waals surface area contributed by atoms with E-state index in [0.29, 0.717) is 0 Å². The van der Waals surface area contributed by atoms with Gasteiger partial charge in [-0.05, 0) is 36.1 Å². The Balaban J connectivity index is 2.19. The first-order valence-electron chi connectivity index (χ1n) is 6.86. The van der Waals surface area contributed by atoms with Crippen LogP contribution in [0, 0.1) is 5.92 Å². The number of fused-ring (bicyclic) bond motifs is 1. The smallest absolute Gasteiger partial charge is 0.251 e. The maximum Gasteiger partial charge on any atom is 0.251 e. The van der Waals surface area contributed by atoms with Crippen LogP contribution in [0.25, 0.3) is 0 Å². The predicted octanol–water partition coefficient (Wildman–Crippen LogP) is 1.08. The molecule has 0 saturated heterocycles. The third kappa shape index (κ3) is 3.14. The van der Waals surface area contributed by atoms with Gasteiger partial charge in [0.15, 0.2) is 0 Å². The van der Waals surface area contributed by atoms with Gasteiger partial charge in [0.25, 0.3) is 5.91 Å². The van der Waals surface area contributed by atoms with E-state index in [1.807, 2.05) is 26.0 Å². The molecule has 1 aromatic rings. The molecule has 0 fully saturated rings. The van der Waals surface area contributed by atoms with Gasteiger partial charge in [-0.1, -0.05) is 26.0 Å². The van der Waals surface area contributed by atoms with E-state index in [1.54, 1.807) is 0 Å². The van der Waals surface area contributed by atoms with Crippen molar-refractivity contribution in [3.63, 3.8) is 0 Å². The van der Waals surface area contributed by atoms with Gasteiger partial charge < -0.3 is 15.7 Å². The van der Waals surface area contributed by atoms with Crippen molar-refractivity contribution >= 4 is 5.91 Å². The van der Waals surface area contributed by atoms with E-state index in [1.165, 1.54) is 5.56 Å². The molecule has 0 saturated carbocycles. The minimum Gasteiger partial charge on any atom is -0.394 e. The number of hydrogen-bond acceptors (Lipinski definition) is 3. The number of rotatable bonds is 4. The molecule has 1 atom stereocenters. The van der Waals surface area contributed by atoms with Crippen molar-refractivity contribution in [2.45, 2.75) is 32.9 Å². The second-order valence-corrected chi connectivity index (χ2v) is 5.38. The van der Waals surface area contributed by atoms with E-state index in [-0.39, 0.29) is 24.5 Å². The van der Waals surface area contributed by atoms with E-state index in [0.717, 1.165) is 30.6 Å². The molecule has 0 bridgehead atoms. The average Bonchev–Trinajstić information content (AvgIpc) is 2.43. The first-order chi connectivity index (χ1) is 9.13. The Bertz CT molecular complexity index is 457. The molecule has 4 heteroatoms. The van der Waals surface area contributed by atoms with Crippen LogP contribution in [-0.2, 0) is 13.0 Å². The number of aliphatic hydroxyl groups is 1. The van der Waals surface area contributed by atoms with E-state index >= 15 is 0 Å². The highest BCUT2D eigenvalue weighted by Crippen LogP contribution is 2.19. The zero-order valence-electron chi connectivity index (χ0n) is 11.6. The quantitative estimate of drug-likeness (QED) is 0.761. The zero-order chi connectivity index (χ0) is 13.8. The van der Waals surface area contributed by atoms with Crippen LogP contribution < -0.4 is 10.6 Å². The lowest BCUT2D eigenvalue weighted by atomic mass is 9.94. The Morgan fingerprint density at radius 1 is 1.47 bits per heavy atom. The fraction of sp³-hybridized carbons (Fsp3) is 0.533. The van der Waals surface area contributed by atoms with Crippen molar-refractivity contribution in [2.24, 2.45) is 5.92 Å². The largest absolute Gasteiger partial charge is 0.394 e. The number of carbonyl (C=O) groups excluding carboxylic acids is 1. The summed E-state index contributed by atoms with van der Waals surface area (Å²) in [6.07, 6.45) is 0.879. The van der Waals surface area contributed by atoms with Crippen LogP contribution in [0.2, 0.25) is 0 Å². The second kappa shape index (κ2) is 6.17. The van der Waals surface area contributed by atoms with Crippen molar-refractivity contribution in [1.82, 2.24) is 10.6 Å². The molecule has 104 valence electrons. The molecule has 4 nitrogen and oxygen atoms in total. The molecule has 3 N–H and O–H groups in total. The lowest BCUT2D eigenvalue weighted by Crippen LogP contribution is -2.41. The third-order valence-electron chi connectivity index (χ3n) is 3.70. The van der Waals surface area contributed by atoms with E-state index in [9.17, 15) is 9.90 Å². The van der Waals surface area contributed by atoms with Crippen molar-refractivity contribution in [1.29, 1.82) is 0 Å². The summed E-state index contributed by atoms with van der Waals surface area (Å²) in [4.78, 5) is 12.3. The molecular weight excluding hydrogens is 240 g/mol. The number of aliphatic hydroxyl groups excluding tert-OH is 1. The highest BCUT2D eigenvalue weighted by Gasteiger charge is 2.20. The van der Waals surface area contributed by atoms with E-state index < -0.39 is 0 Å². The van der Waals surface area contributed by atoms with Crippen molar-refractivity contribution in [3.8, 4) is 0 Å². The van der Waals surface area contributed by atoms with E-state index in [2.05, 4.69) is 16.7 Å². The molecule has 0 unspecified atom stereocenters. The molecular formula is C15H22N2O2. The van der Waals surface area contributed by atoms with Crippen LogP contribution in [0.3, 0.4) is 0 Å². The van der Waals surface area contributed by atoms with Gasteiger partial charge in [0.1, 0.15) is 0 Å². The van der Waals surface area contributed by atoms with Crippen LogP contribution in [0.5, 0.6) is 0 Å². The number of hydrogen-bond donors (Lipinski definition) is 3. The first-order valence-corrected chi connectivity index (χ1v) is 6.86. The number of carbonyl (C=O) groups is 1. The highest BCUT2D eigenvalue weighted by molar-refractivity contribution is 5.96. The molecule has 1 aromatic carbocycles. The van der Waals surface area contributed by atoms with Gasteiger partial charge in [-0.2, -0.15) is 0 Å². The Labute approximate surface area is 114 Å². The Kier molecular flexibility index (Phi) is 4.56. The Hall–Kier alpha value is -1.39. The van der Waals surface area contributed by atoms with Crippen LogP contribution in [-0.4, -0.2) is 30.2 Å². The minimum atomic E-state index is -0.190. The number of benzene rings is 1. The molecule has 1 aliphatic rings. The van der Waals surface area contributed by atoms with Gasteiger partial charge in [-0.25, -0.2) is 0 Å². The summed E-state index contributed by atoms with van der Waals surface area (Å²) in [5.74, 6) is 0.140. The highest BCUT2D eigenvalue weighted by atomic mass is 16.3. The van der Waals surface area contributed by atoms with E-state index in [4.69, 9.17) is 0 Å². The van der Waals surface area contributed by atoms with Crippen LogP contribution >= 0.6 is 0 Å². The maximum absolute atomic E-state index is 12.3. The lowest BCUT2D eigenvalue weighted by Gasteiger charge is -2.23. The van der Waals surface area contributed by atoms with Gasteiger partial charge in [0, 0.05) is 12.1 Å². The van der Waals surface area contributed by atoms with Crippen molar-refractivity contribution in [2.75, 3.05) is 13.2 Å². The standard InChI is InChI=1S/C15H22N2O2/c1-10(2)14(9-18)17-15(19)13-5-3-4-11-8-16-7-6-12(11)13/h3-5,10,14,16,18H,6-9H2,1-2H3,(H,17,19)/t14-/m1/s1. The minimum absolute atomic E-state index is 0.0278. The molecule has 1 heterocycles. The topological polar surface area (TPSA) is 61.4 Å². The van der Waals surface area contributed by atoms with Crippen molar-refractivity contribution < 1.29 is 9.90 Å². The summed E-state index contributed by atoms with van der Waals surface area (Å²) in [6, 6.07) is 5.66. The van der Waals surface area contributed by atoms with Gasteiger partial charge in [-0.3, -0.25) is 4.79 Å². The monoisotopic (exact) mass is 262 g/mol. The molecule has 1 aliphatic heterocycles. The number of nitrogens with one attached hydrogen (secondary N) is 2. The van der Waals surface area contributed by atoms with Gasteiger partial charge >= 0.3 is 0 Å². The molecule has 19 heavy (non-hydrogen) atoms. The van der Waals surface area contributed by atoms with Crippen LogP contribution in [0.1, 0.15) is 35.3 Å². The number of amides is 1. The van der Waals surface area contributed by atoms with Gasteiger partial charge in [-0.15, -0.1) is 0 Å². The summed E-state index contributed by atoms with van der Waals surface area (Å²) >= 11 is 0. The molecule has 2 rings (SSSR count). The van der Waals surface area contributed by atoms with Crippen LogP contribution in [0.15, 0.2) is 18.2 Å². The molecule has 0 radical (unpaired) electrons. The molecule has 0 aliphatic carbocycles. The average molecular weight is 262 g/mol. The zero-order valence-corrected chi connectivity index (χ0v) is 11.6. The lowest BCUT2D eigenvalue weighted by molar-refractivity contribution is 0.0895. The summed E-state index contributed by atoms with van der Waals surface area (Å²) < 4.78 is 0. The summed E-state index contributed by atoms with van der Waals surface area (Å²) in [6.45, 7) is 5.69. The Morgan fingerprint density at radius 3 is 2.95 bits per heavy atom. The second-order valence-electron chi connectivity index (χ2n) is 5.38. The van der Waals surface area contributed by atoms with Crippen LogP contribution in [0.4, 0.5) is 0 Å². The fourth-order valence-corrected chi connectivity index (χ4v) is 2.41. The summed E-state index contributed by atoms with van der Waals surface area (Å²) in [7, 11) is 0. The van der Waals surface area contributed by atoms with Gasteiger partial charge in [0.2, 0.25) is 0 Å². The normalized spacial score (nSPS) is 16.0. The summed E-state index contributed by atoms with van der Waals surface area (Å²) in [5, 5.41) is 15.5. The predicted molar refractivity (Wildman–Crippen MR) is 75.0 cm³/mol. The van der Waals surface area contributed by atoms with Gasteiger partial charge in [0.05, 0.1) is 12.6 Å². The summed E-state index contributed by atoms with van der Waals surface area (Å²) in [5.41, 5.74) is 3.08. The molecule has 0 spiro atoms. The molecule has 1 amide bonds. The Morgan fingerprint density at radius 2 is 2.26 bits per heavy atom. The maximum atomic E-state index is 12.3. The third-order valence-corrected chi connectivity index (χ3v) is 3.70. The first kappa shape index (κ1) is 14.0. The fourth-order valence-electron chi connectivity index (χ4n) is 2.41.